The van der Waals surface area contributed by atoms with E-state index < -0.39 is 12.0 Å². The maximum atomic E-state index is 10.8. The molecule has 5 nitrogen and oxygen atoms in total. The number of carbonyl (C=O) groups is 1. The van der Waals surface area contributed by atoms with E-state index in [4.69, 9.17) is 15.6 Å². The monoisotopic (exact) mass is 301 g/mol. The van der Waals surface area contributed by atoms with Crippen molar-refractivity contribution in [3.63, 3.8) is 0 Å². The summed E-state index contributed by atoms with van der Waals surface area (Å²) in [5.41, 5.74) is 8.24. The average Bonchev–Trinajstić information content (AvgIpc) is 2.44. The minimum absolute atomic E-state index is 0.179. The Balaban J connectivity index is 2.23. The molecular formula is C17H19NO4. The molecule has 0 aliphatic rings. The van der Waals surface area contributed by atoms with Gasteiger partial charge in [-0.25, -0.2) is 0 Å². The van der Waals surface area contributed by atoms with Crippen molar-refractivity contribution in [1.29, 1.82) is 0 Å². The van der Waals surface area contributed by atoms with Gasteiger partial charge in [0.05, 0.1) is 0 Å². The number of aromatic hydroxyl groups is 1. The third-order valence-electron chi connectivity index (χ3n) is 3.35. The van der Waals surface area contributed by atoms with Crippen molar-refractivity contribution < 1.29 is 19.7 Å². The fourth-order valence-electron chi connectivity index (χ4n) is 2.29. The predicted molar refractivity (Wildman–Crippen MR) is 83.4 cm³/mol. The lowest BCUT2D eigenvalue weighted by Gasteiger charge is -2.15. The lowest BCUT2D eigenvalue weighted by Crippen LogP contribution is -2.32. The average molecular weight is 301 g/mol. The molecule has 4 N–H and O–H groups in total. The number of benzene rings is 2. The summed E-state index contributed by atoms with van der Waals surface area (Å²) >= 11 is 0. The molecule has 0 amide bonds. The lowest BCUT2D eigenvalue weighted by atomic mass is 10.0. The van der Waals surface area contributed by atoms with Crippen LogP contribution in [-0.4, -0.2) is 22.2 Å². The highest BCUT2D eigenvalue weighted by Crippen LogP contribution is 2.30. The molecule has 0 spiro atoms. The van der Waals surface area contributed by atoms with Gasteiger partial charge in [-0.3, -0.25) is 4.79 Å². The molecule has 2 aromatic carbocycles. The Morgan fingerprint density at radius 1 is 1.18 bits per heavy atom. The van der Waals surface area contributed by atoms with Gasteiger partial charge in [-0.1, -0.05) is 12.1 Å². The van der Waals surface area contributed by atoms with Gasteiger partial charge in [0.25, 0.3) is 0 Å². The van der Waals surface area contributed by atoms with E-state index in [2.05, 4.69) is 0 Å². The Labute approximate surface area is 129 Å². The van der Waals surface area contributed by atoms with E-state index in [1.807, 2.05) is 26.0 Å². The molecule has 0 aliphatic heterocycles. The summed E-state index contributed by atoms with van der Waals surface area (Å²) in [7, 11) is 0. The van der Waals surface area contributed by atoms with Crippen LogP contribution in [0.25, 0.3) is 0 Å². The van der Waals surface area contributed by atoms with Crippen LogP contribution in [0.4, 0.5) is 0 Å². The fourth-order valence-corrected chi connectivity index (χ4v) is 2.29. The highest BCUT2D eigenvalue weighted by molar-refractivity contribution is 5.73. The molecule has 0 fully saturated rings. The molecular weight excluding hydrogens is 282 g/mol. The summed E-state index contributed by atoms with van der Waals surface area (Å²) in [4.78, 5) is 10.8. The SMILES string of the molecule is Cc1cc(C[C@@H](N)C(=O)O)cc(C)c1Oc1ccc(O)cc1. The zero-order valence-corrected chi connectivity index (χ0v) is 12.5. The molecule has 2 aromatic rings. The molecule has 0 aromatic heterocycles. The first-order chi connectivity index (χ1) is 10.4. The van der Waals surface area contributed by atoms with Gasteiger partial charge in [0.2, 0.25) is 0 Å². The summed E-state index contributed by atoms with van der Waals surface area (Å²) in [6, 6.07) is 9.32. The van der Waals surface area contributed by atoms with Crippen molar-refractivity contribution in [1.82, 2.24) is 0 Å². The van der Waals surface area contributed by atoms with Crippen molar-refractivity contribution >= 4 is 5.97 Å². The van der Waals surface area contributed by atoms with Gasteiger partial charge in [0.15, 0.2) is 0 Å². The first-order valence-electron chi connectivity index (χ1n) is 6.92. The van der Waals surface area contributed by atoms with Gasteiger partial charge in [-0.2, -0.15) is 0 Å². The number of nitrogens with two attached hydrogens (primary N) is 1. The molecule has 5 heteroatoms. The van der Waals surface area contributed by atoms with Crippen molar-refractivity contribution in [3.05, 3.63) is 53.1 Å². The van der Waals surface area contributed by atoms with Crippen molar-refractivity contribution in [2.75, 3.05) is 0 Å². The highest BCUT2D eigenvalue weighted by Gasteiger charge is 2.14. The van der Waals surface area contributed by atoms with Crippen LogP contribution in [0.3, 0.4) is 0 Å². The van der Waals surface area contributed by atoms with Crippen molar-refractivity contribution in [3.8, 4) is 17.2 Å². The summed E-state index contributed by atoms with van der Waals surface area (Å²) in [5.74, 6) is 0.510. The van der Waals surface area contributed by atoms with Gasteiger partial charge in [0, 0.05) is 0 Å². The summed E-state index contributed by atoms with van der Waals surface area (Å²) < 4.78 is 5.84. The molecule has 0 unspecified atom stereocenters. The second-order valence-electron chi connectivity index (χ2n) is 5.30. The molecule has 0 heterocycles. The van der Waals surface area contributed by atoms with Crippen LogP contribution >= 0.6 is 0 Å². The van der Waals surface area contributed by atoms with E-state index in [1.165, 1.54) is 0 Å². The molecule has 22 heavy (non-hydrogen) atoms. The van der Waals surface area contributed by atoms with Crippen LogP contribution in [0.2, 0.25) is 0 Å². The Morgan fingerprint density at radius 2 is 1.73 bits per heavy atom. The molecule has 2 rings (SSSR count). The van der Waals surface area contributed by atoms with Gasteiger partial charge < -0.3 is 20.7 Å². The van der Waals surface area contributed by atoms with E-state index in [0.29, 0.717) is 5.75 Å². The van der Waals surface area contributed by atoms with E-state index in [9.17, 15) is 9.90 Å². The minimum Gasteiger partial charge on any atom is -0.508 e. The van der Waals surface area contributed by atoms with Crippen molar-refractivity contribution in [2.45, 2.75) is 26.3 Å². The number of aliphatic carboxylic acids is 1. The van der Waals surface area contributed by atoms with Crippen LogP contribution in [0.5, 0.6) is 17.2 Å². The number of hydrogen-bond donors (Lipinski definition) is 3. The Kier molecular flexibility index (Phi) is 4.68. The minimum atomic E-state index is -1.01. The van der Waals surface area contributed by atoms with E-state index >= 15 is 0 Å². The number of hydrogen-bond acceptors (Lipinski definition) is 4. The number of ether oxygens (including phenoxy) is 1. The van der Waals surface area contributed by atoms with Crippen LogP contribution < -0.4 is 10.5 Å². The van der Waals surface area contributed by atoms with Crippen molar-refractivity contribution in [2.24, 2.45) is 5.73 Å². The summed E-state index contributed by atoms with van der Waals surface area (Å²) in [6.07, 6.45) is 0.274. The van der Waals surface area contributed by atoms with Crippen LogP contribution in [0.15, 0.2) is 36.4 Å². The molecule has 0 aliphatic carbocycles. The smallest absolute Gasteiger partial charge is 0.320 e. The van der Waals surface area contributed by atoms with Crippen LogP contribution in [0, 0.1) is 13.8 Å². The molecule has 0 radical (unpaired) electrons. The lowest BCUT2D eigenvalue weighted by molar-refractivity contribution is -0.138. The number of carboxylic acid groups (broad SMARTS) is 1. The van der Waals surface area contributed by atoms with Crippen LogP contribution in [0.1, 0.15) is 16.7 Å². The third-order valence-corrected chi connectivity index (χ3v) is 3.35. The zero-order chi connectivity index (χ0) is 16.3. The van der Waals surface area contributed by atoms with Crippen LogP contribution in [-0.2, 0) is 11.2 Å². The number of phenolic OH excluding ortho intramolecular Hbond substituents is 1. The van der Waals surface area contributed by atoms with E-state index in [1.54, 1.807) is 24.3 Å². The number of rotatable bonds is 5. The number of carboxylic acids is 1. The normalized spacial score (nSPS) is 12.0. The van der Waals surface area contributed by atoms with Gasteiger partial charge >= 0.3 is 5.97 Å². The van der Waals surface area contributed by atoms with E-state index in [-0.39, 0.29) is 12.2 Å². The number of phenols is 1. The molecule has 1 atom stereocenters. The molecule has 0 saturated carbocycles. The third kappa shape index (κ3) is 3.77. The molecule has 0 saturated heterocycles. The second-order valence-corrected chi connectivity index (χ2v) is 5.30. The van der Waals surface area contributed by atoms with Gasteiger partial charge in [-0.05, 0) is 61.2 Å². The zero-order valence-electron chi connectivity index (χ0n) is 12.5. The quantitative estimate of drug-likeness (QED) is 0.789. The highest BCUT2D eigenvalue weighted by atomic mass is 16.5. The predicted octanol–water partition coefficient (Wildman–Crippen LogP) is 2.76. The second kappa shape index (κ2) is 6.49. The largest absolute Gasteiger partial charge is 0.508 e. The maximum absolute atomic E-state index is 10.8. The standard InChI is InChI=1S/C17H19NO4/c1-10-7-12(9-15(18)17(20)21)8-11(2)16(10)22-14-5-3-13(19)4-6-14/h3-8,15,19H,9,18H2,1-2H3,(H,20,21)/t15-/m1/s1. The molecule has 0 bridgehead atoms. The Hall–Kier alpha value is -2.53. The van der Waals surface area contributed by atoms with Gasteiger partial charge in [0.1, 0.15) is 23.3 Å². The van der Waals surface area contributed by atoms with Gasteiger partial charge in [-0.15, -0.1) is 0 Å². The maximum Gasteiger partial charge on any atom is 0.320 e. The number of aryl methyl sites for hydroxylation is 2. The molecule has 116 valence electrons. The Morgan fingerprint density at radius 3 is 2.23 bits per heavy atom. The summed E-state index contributed by atoms with van der Waals surface area (Å²) in [5, 5.41) is 18.2. The topological polar surface area (TPSA) is 92.8 Å². The summed E-state index contributed by atoms with van der Waals surface area (Å²) in [6.45, 7) is 3.80. The van der Waals surface area contributed by atoms with E-state index in [0.717, 1.165) is 22.4 Å². The fraction of sp³-hybridized carbons (Fsp3) is 0.235. The first kappa shape index (κ1) is 15.9. The first-order valence-corrected chi connectivity index (χ1v) is 6.92. The Bertz CT molecular complexity index is 657.